The third-order valence-corrected chi connectivity index (χ3v) is 7.66. The van der Waals surface area contributed by atoms with Crippen LogP contribution in [0.3, 0.4) is 0 Å². The molecule has 2 atom stereocenters. The van der Waals surface area contributed by atoms with Crippen LogP contribution in [-0.2, 0) is 27.8 Å². The number of nitrogens with one attached hydrogen (secondary N) is 1. The van der Waals surface area contributed by atoms with Crippen molar-refractivity contribution in [3.63, 3.8) is 0 Å². The van der Waals surface area contributed by atoms with E-state index >= 15 is 0 Å². The number of anilines is 2. The van der Waals surface area contributed by atoms with Gasteiger partial charge in [0.05, 0.1) is 36.8 Å². The maximum atomic E-state index is 13.6. The smallest absolute Gasteiger partial charge is 0.318 e. The second-order valence-corrected chi connectivity index (χ2v) is 9.61. The van der Waals surface area contributed by atoms with Crippen molar-refractivity contribution in [3.8, 4) is 12.1 Å². The van der Waals surface area contributed by atoms with Gasteiger partial charge >= 0.3 is 6.01 Å². The molecule has 1 aliphatic carbocycles. The van der Waals surface area contributed by atoms with E-state index in [4.69, 9.17) is 16.3 Å². The van der Waals surface area contributed by atoms with Crippen molar-refractivity contribution in [1.82, 2.24) is 14.9 Å². The molecule has 0 saturated carbocycles. The number of amides is 2. The summed E-state index contributed by atoms with van der Waals surface area (Å²) in [5, 5.41) is 13.0. The fraction of sp³-hybridized carbons (Fsp3) is 0.400. The van der Waals surface area contributed by atoms with E-state index in [0.29, 0.717) is 48.0 Å². The first-order valence-electron chi connectivity index (χ1n) is 11.6. The third-order valence-electron chi connectivity index (χ3n) is 7.31. The van der Waals surface area contributed by atoms with E-state index in [0.717, 1.165) is 11.1 Å². The number of carbonyl (C=O) groups excluding carboxylic acids is 2. The number of ether oxygens (including phenoxy) is 1. The molecule has 3 aliphatic rings. The van der Waals surface area contributed by atoms with Crippen molar-refractivity contribution in [3.05, 3.63) is 52.4 Å². The Balaban J connectivity index is 1.52. The van der Waals surface area contributed by atoms with Gasteiger partial charge in [0.1, 0.15) is 5.69 Å². The van der Waals surface area contributed by atoms with E-state index < -0.39 is 23.2 Å². The summed E-state index contributed by atoms with van der Waals surface area (Å²) in [6, 6.07) is 7.26. The van der Waals surface area contributed by atoms with Crippen LogP contribution in [0.25, 0.3) is 0 Å². The highest BCUT2D eigenvalue weighted by atomic mass is 35.5. The van der Waals surface area contributed by atoms with Crippen molar-refractivity contribution < 1.29 is 18.7 Å². The lowest BCUT2D eigenvalue weighted by Crippen LogP contribution is -2.56. The highest BCUT2D eigenvalue weighted by Crippen LogP contribution is 2.49. The molecule has 9 nitrogen and oxygen atoms in total. The zero-order chi connectivity index (χ0) is 25.6. The number of methoxy groups -OCH3 is 1. The number of nitrogens with zero attached hydrogens (tertiary/aromatic N) is 5. The van der Waals surface area contributed by atoms with Crippen molar-refractivity contribution in [2.24, 2.45) is 0 Å². The van der Waals surface area contributed by atoms with Crippen molar-refractivity contribution in [2.45, 2.75) is 37.1 Å². The lowest BCUT2D eigenvalue weighted by atomic mass is 9.74. The number of rotatable bonds is 4. The Labute approximate surface area is 212 Å². The monoisotopic (exact) mass is 510 g/mol. The summed E-state index contributed by atoms with van der Waals surface area (Å²) in [4.78, 5) is 38.2. The number of fused-ring (bicyclic) bond motifs is 3. The van der Waals surface area contributed by atoms with Gasteiger partial charge in [0, 0.05) is 31.1 Å². The molecule has 186 valence electrons. The Hall–Kier alpha value is -3.71. The molecule has 1 aromatic carbocycles. The Morgan fingerprint density at radius 3 is 2.94 bits per heavy atom. The summed E-state index contributed by atoms with van der Waals surface area (Å²) in [5.74, 6) is -1.60. The summed E-state index contributed by atoms with van der Waals surface area (Å²) >= 11 is 6.42. The largest absolute Gasteiger partial charge is 0.467 e. The maximum absolute atomic E-state index is 13.6. The van der Waals surface area contributed by atoms with Gasteiger partial charge in [-0.3, -0.25) is 9.59 Å². The van der Waals surface area contributed by atoms with E-state index in [1.165, 1.54) is 12.0 Å². The lowest BCUT2D eigenvalue weighted by Gasteiger charge is -2.42. The summed E-state index contributed by atoms with van der Waals surface area (Å²) in [5.41, 5.74) is 2.21. The molecule has 0 radical (unpaired) electrons. The number of nitriles is 1. The van der Waals surface area contributed by atoms with Crippen LogP contribution in [0.2, 0.25) is 5.02 Å². The molecule has 0 bridgehead atoms. The van der Waals surface area contributed by atoms with E-state index in [1.807, 2.05) is 23.1 Å². The molecule has 2 amide bonds. The number of piperazine rings is 1. The van der Waals surface area contributed by atoms with Crippen molar-refractivity contribution in [1.29, 1.82) is 5.26 Å². The minimum Gasteiger partial charge on any atom is -0.467 e. The number of aromatic nitrogens is 2. The predicted octanol–water partition coefficient (Wildman–Crippen LogP) is 2.93. The summed E-state index contributed by atoms with van der Waals surface area (Å²) < 4.78 is 19.0. The fourth-order valence-electron chi connectivity index (χ4n) is 5.55. The topological polar surface area (TPSA) is 111 Å². The lowest BCUT2D eigenvalue weighted by molar-refractivity contribution is -0.131. The Morgan fingerprint density at radius 1 is 1.42 bits per heavy atom. The van der Waals surface area contributed by atoms with E-state index in [1.54, 1.807) is 0 Å². The second-order valence-electron chi connectivity index (χ2n) is 9.20. The molecule has 3 heterocycles. The highest BCUT2D eigenvalue weighted by molar-refractivity contribution is 6.31. The molecule has 2 unspecified atom stereocenters. The fourth-order valence-corrected chi connectivity index (χ4v) is 5.82. The van der Waals surface area contributed by atoms with Crippen LogP contribution in [0.1, 0.15) is 29.7 Å². The van der Waals surface area contributed by atoms with Gasteiger partial charge < -0.3 is 19.9 Å². The van der Waals surface area contributed by atoms with Gasteiger partial charge in [0.15, 0.2) is 11.6 Å². The number of hydrogen-bond acceptors (Lipinski definition) is 7. The number of benzene rings is 1. The van der Waals surface area contributed by atoms with Gasteiger partial charge in [0.25, 0.3) is 5.91 Å². The molecule has 1 fully saturated rings. The molecule has 1 N–H and O–H groups in total. The molecule has 1 aromatic heterocycles. The van der Waals surface area contributed by atoms with Gasteiger partial charge in [-0.1, -0.05) is 30.3 Å². The Kier molecular flexibility index (Phi) is 6.04. The van der Waals surface area contributed by atoms with Crippen LogP contribution in [0.5, 0.6) is 6.01 Å². The second kappa shape index (κ2) is 9.06. The average Bonchev–Trinajstić information content (AvgIpc) is 3.24. The normalized spacial score (nSPS) is 22.5. The van der Waals surface area contributed by atoms with Gasteiger partial charge in [-0.15, -0.1) is 0 Å². The first-order valence-corrected chi connectivity index (χ1v) is 12.0. The first-order chi connectivity index (χ1) is 17.3. The zero-order valence-corrected chi connectivity index (χ0v) is 20.4. The predicted molar refractivity (Wildman–Crippen MR) is 131 cm³/mol. The van der Waals surface area contributed by atoms with Gasteiger partial charge in [-0.25, -0.2) is 4.39 Å². The van der Waals surface area contributed by atoms with Crippen LogP contribution < -0.4 is 15.0 Å². The first kappa shape index (κ1) is 24.0. The maximum Gasteiger partial charge on any atom is 0.318 e. The molecule has 1 spiro atoms. The summed E-state index contributed by atoms with van der Waals surface area (Å²) in [7, 11) is 1.47. The molecular formula is C25H24ClFN6O3. The average molecular weight is 511 g/mol. The minimum atomic E-state index is -1.07. The van der Waals surface area contributed by atoms with Crippen LogP contribution in [0.4, 0.5) is 15.9 Å². The van der Waals surface area contributed by atoms with E-state index in [9.17, 15) is 19.2 Å². The van der Waals surface area contributed by atoms with Crippen LogP contribution in [0, 0.1) is 11.3 Å². The third kappa shape index (κ3) is 3.75. The number of halogens is 2. The molecule has 11 heteroatoms. The SMILES string of the molecule is C=C(F)C(=O)N1CCN(c2nc(OC)nc3c2NC(=O)C2(CCc4c(Cl)cccc42)C3)CC1CC#N. The zero-order valence-electron chi connectivity index (χ0n) is 19.7. The van der Waals surface area contributed by atoms with Crippen molar-refractivity contribution in [2.75, 3.05) is 37.0 Å². The molecule has 2 aliphatic heterocycles. The standard InChI is InChI=1S/C25H24ClFN6O3/c1-14(27)22(34)33-11-10-32(13-15(33)7-9-28)21-20-19(29-24(31-21)36-2)12-25(23(35)30-20)8-6-16-17(25)4-3-5-18(16)26/h3-5,15H,1,6-8,10-13H2,2H3,(H,30,35). The van der Waals surface area contributed by atoms with E-state index in [2.05, 4.69) is 27.9 Å². The Bertz CT molecular complexity index is 1330. The number of carbonyl (C=O) groups is 2. The van der Waals surface area contributed by atoms with Crippen LogP contribution >= 0.6 is 11.6 Å². The summed E-state index contributed by atoms with van der Waals surface area (Å²) in [6.07, 6.45) is 1.66. The Morgan fingerprint density at radius 2 is 2.22 bits per heavy atom. The highest BCUT2D eigenvalue weighted by Gasteiger charge is 2.50. The molecule has 36 heavy (non-hydrogen) atoms. The van der Waals surface area contributed by atoms with Crippen molar-refractivity contribution >= 4 is 34.9 Å². The molecule has 1 saturated heterocycles. The van der Waals surface area contributed by atoms with Crippen LogP contribution in [0.15, 0.2) is 30.6 Å². The minimum absolute atomic E-state index is 0.00689. The summed E-state index contributed by atoms with van der Waals surface area (Å²) in [6.45, 7) is 3.80. The van der Waals surface area contributed by atoms with Gasteiger partial charge in [-0.2, -0.15) is 15.2 Å². The molecule has 2 aromatic rings. The van der Waals surface area contributed by atoms with Gasteiger partial charge in [-0.05, 0) is 30.0 Å². The number of hydrogen-bond donors (Lipinski definition) is 1. The van der Waals surface area contributed by atoms with Gasteiger partial charge in [0.2, 0.25) is 5.91 Å². The van der Waals surface area contributed by atoms with Crippen LogP contribution in [-0.4, -0.2) is 59.5 Å². The molecular weight excluding hydrogens is 487 g/mol. The molecule has 5 rings (SSSR count). The van der Waals surface area contributed by atoms with E-state index in [-0.39, 0.29) is 31.4 Å². The quantitative estimate of drug-likeness (QED) is 0.629.